The van der Waals surface area contributed by atoms with E-state index >= 15 is 0 Å². The number of hydrogen-bond donors (Lipinski definition) is 0. The Bertz CT molecular complexity index is 1020. The third-order valence-electron chi connectivity index (χ3n) is 6.06. The fourth-order valence-electron chi connectivity index (χ4n) is 4.12. The number of amides is 1. The molecule has 9 heteroatoms. The summed E-state index contributed by atoms with van der Waals surface area (Å²) in [5, 5.41) is 0. The molecule has 0 radical (unpaired) electrons. The molecule has 0 atom stereocenters. The summed E-state index contributed by atoms with van der Waals surface area (Å²) in [5.41, 5.74) is 2.41. The van der Waals surface area contributed by atoms with Crippen LogP contribution in [0.25, 0.3) is 6.08 Å². The molecular formula is C26H33F3N4O2. The molecule has 0 saturated heterocycles. The van der Waals surface area contributed by atoms with Gasteiger partial charge in [0.05, 0.1) is 24.4 Å². The Morgan fingerprint density at radius 3 is 2.71 bits per heavy atom. The van der Waals surface area contributed by atoms with Gasteiger partial charge in [0.2, 0.25) is 5.91 Å². The SMILES string of the molecule is COCCN1CCc2c(/C=C/C(=O)N(CCN(C)C)Cc3ncccc3C(F)(F)F)cccc2C1. The number of nitrogens with zero attached hydrogens (tertiary/aromatic N) is 4. The number of benzene rings is 1. The quantitative estimate of drug-likeness (QED) is 0.476. The minimum Gasteiger partial charge on any atom is -0.383 e. The number of carbonyl (C=O) groups is 1. The standard InChI is InChI=1S/C26H33F3N4O2/c1-31(2)14-15-33(19-24-23(26(27,28)29)8-5-12-30-24)25(34)10-9-20-6-4-7-21-18-32(16-17-35-3)13-11-22(20)21/h4-10,12H,11,13-19H2,1-3H3/b10-9+. The molecule has 6 nitrogen and oxygen atoms in total. The van der Waals surface area contributed by atoms with Crippen molar-refractivity contribution in [2.24, 2.45) is 0 Å². The monoisotopic (exact) mass is 490 g/mol. The van der Waals surface area contributed by atoms with Crippen molar-refractivity contribution in [2.45, 2.75) is 25.7 Å². The Morgan fingerprint density at radius 1 is 1.20 bits per heavy atom. The Labute approximate surface area is 205 Å². The van der Waals surface area contributed by atoms with E-state index in [-0.39, 0.29) is 24.7 Å². The highest BCUT2D eigenvalue weighted by Crippen LogP contribution is 2.31. The maximum Gasteiger partial charge on any atom is 0.418 e. The van der Waals surface area contributed by atoms with E-state index in [9.17, 15) is 18.0 Å². The molecule has 0 N–H and O–H groups in total. The fourth-order valence-corrected chi connectivity index (χ4v) is 4.12. The summed E-state index contributed by atoms with van der Waals surface area (Å²) in [6.07, 6.45) is 0.884. The van der Waals surface area contributed by atoms with Crippen molar-refractivity contribution in [3.63, 3.8) is 0 Å². The van der Waals surface area contributed by atoms with Gasteiger partial charge in [0.1, 0.15) is 0 Å². The first-order chi connectivity index (χ1) is 16.7. The molecule has 1 aliphatic heterocycles. The second-order valence-electron chi connectivity index (χ2n) is 8.90. The van der Waals surface area contributed by atoms with Gasteiger partial charge in [0.15, 0.2) is 0 Å². The number of hydrogen-bond acceptors (Lipinski definition) is 5. The summed E-state index contributed by atoms with van der Waals surface area (Å²) in [6, 6.07) is 8.29. The number of likely N-dealkylation sites (N-methyl/N-ethyl adjacent to an activating group) is 1. The highest BCUT2D eigenvalue weighted by Gasteiger charge is 2.34. The average molecular weight is 491 g/mol. The van der Waals surface area contributed by atoms with Crippen LogP contribution >= 0.6 is 0 Å². The van der Waals surface area contributed by atoms with Crippen LogP contribution in [0.5, 0.6) is 0 Å². The number of carbonyl (C=O) groups excluding carboxylic acids is 1. The third-order valence-corrected chi connectivity index (χ3v) is 6.06. The van der Waals surface area contributed by atoms with Gasteiger partial charge in [-0.1, -0.05) is 18.2 Å². The van der Waals surface area contributed by atoms with Crippen molar-refractivity contribution >= 4 is 12.0 Å². The Kier molecular flexibility index (Phi) is 9.42. The van der Waals surface area contributed by atoms with E-state index in [4.69, 9.17) is 4.74 Å². The molecular weight excluding hydrogens is 457 g/mol. The summed E-state index contributed by atoms with van der Waals surface area (Å²) < 4.78 is 45.6. The van der Waals surface area contributed by atoms with Gasteiger partial charge in [-0.25, -0.2) is 0 Å². The number of rotatable bonds is 10. The van der Waals surface area contributed by atoms with Gasteiger partial charge >= 0.3 is 6.18 Å². The van der Waals surface area contributed by atoms with Gasteiger partial charge in [-0.05, 0) is 55.4 Å². The van der Waals surface area contributed by atoms with Gasteiger partial charge in [-0.3, -0.25) is 14.7 Å². The van der Waals surface area contributed by atoms with Crippen LogP contribution in [-0.2, 0) is 35.2 Å². The lowest BCUT2D eigenvalue weighted by molar-refractivity contribution is -0.139. The van der Waals surface area contributed by atoms with Crippen molar-refractivity contribution in [2.75, 3.05) is 54.0 Å². The zero-order valence-corrected chi connectivity index (χ0v) is 20.5. The first-order valence-electron chi connectivity index (χ1n) is 11.6. The predicted octanol–water partition coefficient (Wildman–Crippen LogP) is 3.71. The number of ether oxygens (including phenoxy) is 1. The number of aromatic nitrogens is 1. The number of alkyl halides is 3. The average Bonchev–Trinajstić information content (AvgIpc) is 2.83. The summed E-state index contributed by atoms with van der Waals surface area (Å²) >= 11 is 0. The molecule has 1 amide bonds. The fraction of sp³-hybridized carbons (Fsp3) is 0.462. The minimum atomic E-state index is -4.53. The number of methoxy groups -OCH3 is 1. The van der Waals surface area contributed by atoms with Gasteiger partial charge in [0, 0.05) is 52.1 Å². The molecule has 190 valence electrons. The van der Waals surface area contributed by atoms with E-state index in [2.05, 4.69) is 16.0 Å². The maximum absolute atomic E-state index is 13.5. The highest BCUT2D eigenvalue weighted by atomic mass is 19.4. The van der Waals surface area contributed by atoms with Crippen molar-refractivity contribution in [1.82, 2.24) is 19.7 Å². The van der Waals surface area contributed by atoms with E-state index in [0.717, 1.165) is 37.7 Å². The number of pyridine rings is 1. The first-order valence-corrected chi connectivity index (χ1v) is 11.6. The second-order valence-corrected chi connectivity index (χ2v) is 8.90. The molecule has 1 aromatic carbocycles. The van der Waals surface area contributed by atoms with Gasteiger partial charge in [-0.2, -0.15) is 13.2 Å². The molecule has 35 heavy (non-hydrogen) atoms. The normalized spacial score (nSPS) is 14.5. The molecule has 1 aromatic heterocycles. The molecule has 2 aromatic rings. The summed E-state index contributed by atoms with van der Waals surface area (Å²) in [5.74, 6) is -0.347. The predicted molar refractivity (Wildman–Crippen MR) is 130 cm³/mol. The molecule has 0 unspecified atom stereocenters. The van der Waals surface area contributed by atoms with Crippen LogP contribution in [0.4, 0.5) is 13.2 Å². The molecule has 0 aliphatic carbocycles. The highest BCUT2D eigenvalue weighted by molar-refractivity contribution is 5.92. The smallest absolute Gasteiger partial charge is 0.383 e. The first kappa shape index (κ1) is 26.8. The van der Waals surface area contributed by atoms with Crippen LogP contribution in [0.1, 0.15) is 27.9 Å². The molecule has 0 saturated carbocycles. The summed E-state index contributed by atoms with van der Waals surface area (Å²) in [6.45, 7) is 3.86. The molecule has 0 spiro atoms. The number of halogens is 3. The lowest BCUT2D eigenvalue weighted by atomic mass is 9.94. The van der Waals surface area contributed by atoms with Crippen molar-refractivity contribution in [1.29, 1.82) is 0 Å². The molecule has 1 aliphatic rings. The van der Waals surface area contributed by atoms with Crippen molar-refractivity contribution < 1.29 is 22.7 Å². The zero-order chi connectivity index (χ0) is 25.4. The zero-order valence-electron chi connectivity index (χ0n) is 20.5. The van der Waals surface area contributed by atoms with Gasteiger partial charge in [-0.15, -0.1) is 0 Å². The Morgan fingerprint density at radius 2 is 2.00 bits per heavy atom. The van der Waals surface area contributed by atoms with E-state index < -0.39 is 11.7 Å². The lowest BCUT2D eigenvalue weighted by Gasteiger charge is -2.29. The molecule has 2 heterocycles. The van der Waals surface area contributed by atoms with Gasteiger partial charge in [0.25, 0.3) is 0 Å². The maximum atomic E-state index is 13.5. The van der Waals surface area contributed by atoms with E-state index in [1.54, 1.807) is 13.2 Å². The van der Waals surface area contributed by atoms with Crippen molar-refractivity contribution in [3.8, 4) is 0 Å². The van der Waals surface area contributed by atoms with Crippen LogP contribution in [0, 0.1) is 0 Å². The third kappa shape index (κ3) is 7.62. The number of fused-ring (bicyclic) bond motifs is 1. The molecule has 0 bridgehead atoms. The Balaban J connectivity index is 1.78. The van der Waals surface area contributed by atoms with Crippen LogP contribution in [0.3, 0.4) is 0 Å². The minimum absolute atomic E-state index is 0.159. The summed E-state index contributed by atoms with van der Waals surface area (Å²) in [7, 11) is 5.40. The van der Waals surface area contributed by atoms with E-state index in [0.29, 0.717) is 13.2 Å². The topological polar surface area (TPSA) is 48.9 Å². The van der Waals surface area contributed by atoms with Crippen LogP contribution < -0.4 is 0 Å². The van der Waals surface area contributed by atoms with Crippen LogP contribution in [0.2, 0.25) is 0 Å². The summed E-state index contributed by atoms with van der Waals surface area (Å²) in [4.78, 5) is 22.7. The largest absolute Gasteiger partial charge is 0.418 e. The second kappa shape index (κ2) is 12.3. The lowest BCUT2D eigenvalue weighted by Crippen LogP contribution is -2.36. The Hall–Kier alpha value is -2.75. The van der Waals surface area contributed by atoms with E-state index in [1.807, 2.05) is 31.1 Å². The molecule has 0 fully saturated rings. The van der Waals surface area contributed by atoms with Crippen molar-refractivity contribution in [3.05, 3.63) is 70.6 Å². The van der Waals surface area contributed by atoms with Gasteiger partial charge < -0.3 is 14.5 Å². The molecule has 3 rings (SSSR count). The van der Waals surface area contributed by atoms with Crippen LogP contribution in [0.15, 0.2) is 42.6 Å². The van der Waals surface area contributed by atoms with Crippen LogP contribution in [-0.4, -0.2) is 79.6 Å². The van der Waals surface area contributed by atoms with E-state index in [1.165, 1.54) is 34.4 Å².